The first-order chi connectivity index (χ1) is 3.43. The van der Waals surface area contributed by atoms with Gasteiger partial charge in [0.25, 0.3) is 0 Å². The second-order valence-corrected chi connectivity index (χ2v) is 3.95. The van der Waals surface area contributed by atoms with Crippen molar-refractivity contribution in [3.8, 4) is 0 Å². The van der Waals surface area contributed by atoms with Gasteiger partial charge in [0.2, 0.25) is 8.15 Å². The van der Waals surface area contributed by atoms with Crippen LogP contribution in [-0.2, 0) is 4.57 Å². The summed E-state index contributed by atoms with van der Waals surface area (Å²) in [5.41, 5.74) is 0. The van der Waals surface area contributed by atoms with E-state index in [-0.39, 0.29) is 8.15 Å². The zero-order valence-corrected chi connectivity index (χ0v) is 5.32. The first-order valence-electron chi connectivity index (χ1n) is 1.83. The SMILES string of the molecule is O=PP1N=CCN1. The number of hydrogen-bond donors (Lipinski definition) is 1. The molecule has 1 atom stereocenters. The topological polar surface area (TPSA) is 41.5 Å². The maximum atomic E-state index is 9.96. The first-order valence-corrected chi connectivity index (χ1v) is 4.64. The second-order valence-electron chi connectivity index (χ2n) is 1.03. The van der Waals surface area contributed by atoms with Gasteiger partial charge in [-0.1, -0.05) is 0 Å². The maximum Gasteiger partial charge on any atom is 0.223 e. The minimum Gasteiger partial charge on any atom is -0.266 e. The Morgan fingerprint density at radius 1 is 2.00 bits per heavy atom. The van der Waals surface area contributed by atoms with Crippen LogP contribution >= 0.6 is 16.1 Å². The molecule has 0 aliphatic carbocycles. The average molecular weight is 134 g/mol. The predicted molar refractivity (Wildman–Crippen MR) is 31.0 cm³/mol. The van der Waals surface area contributed by atoms with Crippen molar-refractivity contribution >= 4 is 22.3 Å². The molecular weight excluding hydrogens is 130 g/mol. The molecule has 0 spiro atoms. The minimum atomic E-state index is -0.707. The van der Waals surface area contributed by atoms with Crippen LogP contribution in [0.3, 0.4) is 0 Å². The van der Waals surface area contributed by atoms with E-state index >= 15 is 0 Å². The third-order valence-corrected chi connectivity index (χ3v) is 2.79. The summed E-state index contributed by atoms with van der Waals surface area (Å²) < 4.78 is 13.8. The van der Waals surface area contributed by atoms with Gasteiger partial charge < -0.3 is 0 Å². The number of hydrogen-bond acceptors (Lipinski definition) is 3. The molecule has 0 saturated carbocycles. The molecule has 0 fully saturated rings. The van der Waals surface area contributed by atoms with Crippen molar-refractivity contribution in [2.24, 2.45) is 4.76 Å². The third kappa shape index (κ3) is 1.27. The highest BCUT2D eigenvalue weighted by molar-refractivity contribution is 8.14. The number of nitrogens with one attached hydrogen (secondary N) is 1. The zero-order chi connectivity index (χ0) is 5.11. The van der Waals surface area contributed by atoms with Crippen LogP contribution in [0.2, 0.25) is 0 Å². The lowest BCUT2D eigenvalue weighted by molar-refractivity contribution is 0.605. The molecule has 1 aliphatic heterocycles. The molecule has 0 aromatic carbocycles. The van der Waals surface area contributed by atoms with Crippen molar-refractivity contribution in [2.75, 3.05) is 6.54 Å². The second kappa shape index (κ2) is 2.46. The Morgan fingerprint density at radius 2 is 2.86 bits per heavy atom. The number of rotatable bonds is 1. The van der Waals surface area contributed by atoms with Gasteiger partial charge in [0.15, 0.2) is 7.91 Å². The van der Waals surface area contributed by atoms with Crippen LogP contribution in [0.15, 0.2) is 4.76 Å². The van der Waals surface area contributed by atoms with Crippen LogP contribution in [0.25, 0.3) is 0 Å². The molecule has 1 rings (SSSR count). The van der Waals surface area contributed by atoms with Crippen LogP contribution in [0, 0.1) is 0 Å². The molecule has 0 radical (unpaired) electrons. The Hall–Kier alpha value is 0.160. The Kier molecular flexibility index (Phi) is 1.86. The summed E-state index contributed by atoms with van der Waals surface area (Å²) in [5.74, 6) is 0. The van der Waals surface area contributed by atoms with Crippen LogP contribution in [0.4, 0.5) is 0 Å². The molecule has 1 heterocycles. The molecular formula is C2H4N2OP2. The Balaban J connectivity index is 2.42. The first kappa shape index (κ1) is 5.30. The minimum absolute atomic E-state index is 0.128. The monoisotopic (exact) mass is 134 g/mol. The lowest BCUT2D eigenvalue weighted by atomic mass is 10.8. The Labute approximate surface area is 44.2 Å². The predicted octanol–water partition coefficient (Wildman–Crippen LogP) is 1.18. The van der Waals surface area contributed by atoms with Gasteiger partial charge in [0, 0.05) is 12.8 Å². The van der Waals surface area contributed by atoms with Gasteiger partial charge in [0.1, 0.15) is 0 Å². The summed E-state index contributed by atoms with van der Waals surface area (Å²) in [4.78, 5) is 0. The highest BCUT2D eigenvalue weighted by Crippen LogP contribution is 2.46. The van der Waals surface area contributed by atoms with E-state index in [1.165, 1.54) is 0 Å². The fourth-order valence-electron chi connectivity index (χ4n) is 0.331. The Morgan fingerprint density at radius 3 is 3.14 bits per heavy atom. The fourth-order valence-corrected chi connectivity index (χ4v) is 1.76. The normalized spacial score (nSPS) is 29.4. The molecule has 1 N–H and O–H groups in total. The molecule has 0 aromatic rings. The summed E-state index contributed by atoms with van der Waals surface area (Å²) in [6.07, 6.45) is 1.75. The molecule has 3 nitrogen and oxygen atoms in total. The van der Waals surface area contributed by atoms with Crippen molar-refractivity contribution in [1.82, 2.24) is 5.09 Å². The Bertz CT molecular complexity index is 104. The van der Waals surface area contributed by atoms with Crippen LogP contribution in [0.5, 0.6) is 0 Å². The lowest BCUT2D eigenvalue weighted by Gasteiger charge is -1.89. The third-order valence-electron chi connectivity index (χ3n) is 0.592. The van der Waals surface area contributed by atoms with E-state index in [1.54, 1.807) is 6.21 Å². The molecule has 7 heavy (non-hydrogen) atoms. The lowest BCUT2D eigenvalue weighted by Crippen LogP contribution is -1.97. The maximum absolute atomic E-state index is 9.96. The molecule has 0 aromatic heterocycles. The standard InChI is InChI=1S/C2H4N2OP2/c5-6-7-3-1-2-4-7/h1,4H,2H2. The molecule has 38 valence electrons. The molecule has 0 amide bonds. The van der Waals surface area contributed by atoms with Crippen LogP contribution in [-0.4, -0.2) is 12.8 Å². The van der Waals surface area contributed by atoms with Crippen molar-refractivity contribution in [3.05, 3.63) is 0 Å². The quantitative estimate of drug-likeness (QED) is 0.547. The van der Waals surface area contributed by atoms with E-state index in [9.17, 15) is 4.57 Å². The summed E-state index contributed by atoms with van der Waals surface area (Å²) >= 11 is 0. The zero-order valence-electron chi connectivity index (χ0n) is 3.53. The molecule has 0 saturated heterocycles. The van der Waals surface area contributed by atoms with Crippen molar-refractivity contribution in [2.45, 2.75) is 0 Å². The van der Waals surface area contributed by atoms with Crippen molar-refractivity contribution in [1.29, 1.82) is 0 Å². The average Bonchev–Trinajstić information content (AvgIpc) is 2.14. The van der Waals surface area contributed by atoms with E-state index in [2.05, 4.69) is 9.85 Å². The summed E-state index contributed by atoms with van der Waals surface area (Å²) in [7, 11) is -0.579. The van der Waals surface area contributed by atoms with Crippen molar-refractivity contribution in [3.63, 3.8) is 0 Å². The van der Waals surface area contributed by atoms with Crippen LogP contribution in [0.1, 0.15) is 0 Å². The molecule has 1 aliphatic rings. The van der Waals surface area contributed by atoms with Gasteiger partial charge in [-0.25, -0.2) is 4.76 Å². The van der Waals surface area contributed by atoms with Crippen molar-refractivity contribution < 1.29 is 4.57 Å². The summed E-state index contributed by atoms with van der Waals surface area (Å²) in [6, 6.07) is 0. The van der Waals surface area contributed by atoms with E-state index in [1.807, 2.05) is 0 Å². The van der Waals surface area contributed by atoms with Gasteiger partial charge in [-0.3, -0.25) is 9.65 Å². The largest absolute Gasteiger partial charge is 0.266 e. The van der Waals surface area contributed by atoms with E-state index in [0.717, 1.165) is 6.54 Å². The van der Waals surface area contributed by atoms with Gasteiger partial charge in [0.05, 0.1) is 0 Å². The van der Waals surface area contributed by atoms with Gasteiger partial charge >= 0.3 is 0 Å². The summed E-state index contributed by atoms with van der Waals surface area (Å²) in [6.45, 7) is 0.779. The number of nitrogens with zero attached hydrogens (tertiary/aromatic N) is 1. The van der Waals surface area contributed by atoms with Gasteiger partial charge in [-0.2, -0.15) is 0 Å². The van der Waals surface area contributed by atoms with Gasteiger partial charge in [-0.15, -0.1) is 0 Å². The molecule has 1 unspecified atom stereocenters. The van der Waals surface area contributed by atoms with E-state index in [4.69, 9.17) is 0 Å². The highest BCUT2D eigenvalue weighted by Gasteiger charge is 2.06. The molecule has 5 heteroatoms. The summed E-state index contributed by atoms with van der Waals surface area (Å²) in [5, 5.41) is 2.92. The van der Waals surface area contributed by atoms with Crippen LogP contribution < -0.4 is 5.09 Å². The smallest absolute Gasteiger partial charge is 0.223 e. The fraction of sp³-hybridized carbons (Fsp3) is 0.500. The van der Waals surface area contributed by atoms with E-state index < -0.39 is 7.91 Å². The highest BCUT2D eigenvalue weighted by atomic mass is 32.0. The van der Waals surface area contributed by atoms with Gasteiger partial charge in [-0.05, 0) is 0 Å². The molecule has 0 bridgehead atoms. The van der Waals surface area contributed by atoms with E-state index in [0.29, 0.717) is 0 Å².